The van der Waals surface area contributed by atoms with Gasteiger partial charge < -0.3 is 10.2 Å². The second kappa shape index (κ2) is 9.59. The van der Waals surface area contributed by atoms with Gasteiger partial charge in [0.2, 0.25) is 0 Å². The Morgan fingerprint density at radius 3 is 1.56 bits per heavy atom. The van der Waals surface area contributed by atoms with E-state index < -0.39 is 0 Å². The molecule has 0 amide bonds. The normalized spacial score (nSPS) is 20.7. The van der Waals surface area contributed by atoms with Crippen molar-refractivity contribution in [2.24, 2.45) is 11.3 Å². The van der Waals surface area contributed by atoms with E-state index >= 15 is 0 Å². The van der Waals surface area contributed by atoms with Crippen LogP contribution in [0.1, 0.15) is 44.7 Å². The van der Waals surface area contributed by atoms with Crippen molar-refractivity contribution in [3.63, 3.8) is 0 Å². The summed E-state index contributed by atoms with van der Waals surface area (Å²) in [6.45, 7) is 7.12. The van der Waals surface area contributed by atoms with Gasteiger partial charge in [0.1, 0.15) is 11.5 Å². The van der Waals surface area contributed by atoms with Crippen molar-refractivity contribution >= 4 is 22.6 Å². The molecule has 0 heterocycles. The van der Waals surface area contributed by atoms with Crippen LogP contribution >= 0.6 is 22.6 Å². The highest BCUT2D eigenvalue weighted by atomic mass is 127. The molecule has 0 bridgehead atoms. The molecular formula is C33H33IO2. The van der Waals surface area contributed by atoms with Crippen LogP contribution in [0, 0.1) is 11.3 Å². The minimum Gasteiger partial charge on any atom is -0.507 e. The lowest BCUT2D eigenvalue weighted by Crippen LogP contribution is -2.51. The van der Waals surface area contributed by atoms with E-state index in [1.807, 2.05) is 48.5 Å². The van der Waals surface area contributed by atoms with E-state index in [1.54, 1.807) is 0 Å². The molecule has 3 heteroatoms. The molecule has 4 aromatic rings. The van der Waals surface area contributed by atoms with Gasteiger partial charge in [-0.1, -0.05) is 116 Å². The van der Waals surface area contributed by atoms with Gasteiger partial charge in [-0.2, -0.15) is 0 Å². The van der Waals surface area contributed by atoms with E-state index in [0.29, 0.717) is 21.3 Å². The fourth-order valence-corrected chi connectivity index (χ4v) is 7.64. The Morgan fingerprint density at radius 1 is 0.667 bits per heavy atom. The van der Waals surface area contributed by atoms with E-state index in [-0.39, 0.29) is 10.8 Å². The van der Waals surface area contributed by atoms with Crippen molar-refractivity contribution in [2.45, 2.75) is 43.0 Å². The molecule has 4 aromatic carbocycles. The predicted molar refractivity (Wildman–Crippen MR) is 158 cm³/mol. The molecule has 36 heavy (non-hydrogen) atoms. The molecule has 1 saturated carbocycles. The van der Waals surface area contributed by atoms with Crippen molar-refractivity contribution in [3.05, 3.63) is 108 Å². The summed E-state index contributed by atoms with van der Waals surface area (Å²) < 4.78 is 0.306. The SMILES string of the molecule is CC1CC(C)(C)C(I)C(c2ccc(O)c(-c3ccccc3)c2)(c2ccc(O)c(-c3ccccc3)c2)C1. The van der Waals surface area contributed by atoms with Gasteiger partial charge in [-0.15, -0.1) is 0 Å². The van der Waals surface area contributed by atoms with E-state index in [1.165, 1.54) is 11.1 Å². The lowest BCUT2D eigenvalue weighted by atomic mass is 9.55. The third kappa shape index (κ3) is 4.32. The largest absolute Gasteiger partial charge is 0.507 e. The first-order chi connectivity index (χ1) is 17.2. The maximum atomic E-state index is 10.9. The molecule has 1 aliphatic carbocycles. The summed E-state index contributed by atoms with van der Waals surface area (Å²) in [5.74, 6) is 1.11. The first-order valence-electron chi connectivity index (χ1n) is 12.6. The summed E-state index contributed by atoms with van der Waals surface area (Å²) in [6.07, 6.45) is 2.16. The maximum absolute atomic E-state index is 10.9. The first-order valence-corrected chi connectivity index (χ1v) is 13.9. The number of halogens is 1. The van der Waals surface area contributed by atoms with Gasteiger partial charge in [0.05, 0.1) is 0 Å². The van der Waals surface area contributed by atoms with E-state index in [4.69, 9.17) is 0 Å². The van der Waals surface area contributed by atoms with Crippen molar-refractivity contribution in [3.8, 4) is 33.8 Å². The third-order valence-corrected chi connectivity index (χ3v) is 10.6. The average molecular weight is 589 g/mol. The number of rotatable bonds is 4. The van der Waals surface area contributed by atoms with E-state index in [0.717, 1.165) is 35.1 Å². The molecule has 0 saturated heterocycles. The number of hydrogen-bond donors (Lipinski definition) is 2. The Hall–Kier alpha value is -2.79. The van der Waals surface area contributed by atoms with E-state index in [9.17, 15) is 10.2 Å². The predicted octanol–water partition coefficient (Wildman–Crippen LogP) is 8.98. The third-order valence-electron chi connectivity index (χ3n) is 7.86. The van der Waals surface area contributed by atoms with Crippen LogP contribution in [0.4, 0.5) is 0 Å². The highest BCUT2D eigenvalue weighted by Crippen LogP contribution is 2.58. The zero-order chi connectivity index (χ0) is 25.5. The van der Waals surface area contributed by atoms with Crippen molar-refractivity contribution in [2.75, 3.05) is 0 Å². The topological polar surface area (TPSA) is 40.5 Å². The number of hydrogen-bond acceptors (Lipinski definition) is 2. The number of aromatic hydroxyl groups is 2. The van der Waals surface area contributed by atoms with Gasteiger partial charge in [-0.05, 0) is 70.7 Å². The Labute approximate surface area is 228 Å². The number of phenols is 2. The smallest absolute Gasteiger partial charge is 0.123 e. The maximum Gasteiger partial charge on any atom is 0.123 e. The van der Waals surface area contributed by atoms with Crippen LogP contribution in [0.2, 0.25) is 0 Å². The summed E-state index contributed by atoms with van der Waals surface area (Å²) >= 11 is 2.68. The zero-order valence-electron chi connectivity index (χ0n) is 21.1. The van der Waals surface area contributed by atoms with Crippen LogP contribution in [0.15, 0.2) is 97.1 Å². The molecule has 184 valence electrons. The Morgan fingerprint density at radius 2 is 1.11 bits per heavy atom. The Balaban J connectivity index is 1.77. The molecule has 2 unspecified atom stereocenters. The molecule has 2 atom stereocenters. The van der Waals surface area contributed by atoms with Gasteiger partial charge in [0, 0.05) is 20.5 Å². The minimum atomic E-state index is -0.282. The molecule has 2 nitrogen and oxygen atoms in total. The molecule has 0 aliphatic heterocycles. The number of alkyl halides is 1. The standard InChI is InChI=1S/C33H33IO2/c1-22-20-32(2,3)31(34)33(21-22,25-14-16-29(35)27(18-25)23-10-6-4-7-11-23)26-15-17-30(36)28(19-26)24-12-8-5-9-13-24/h4-19,22,31,35-36H,20-21H2,1-3H3. The minimum absolute atomic E-state index is 0.105. The molecular weight excluding hydrogens is 555 g/mol. The molecule has 5 rings (SSSR count). The average Bonchev–Trinajstić information content (AvgIpc) is 2.88. The van der Waals surface area contributed by atoms with Gasteiger partial charge >= 0.3 is 0 Å². The first kappa shape index (κ1) is 24.9. The van der Waals surface area contributed by atoms with E-state index in [2.05, 4.69) is 91.9 Å². The second-order valence-electron chi connectivity index (χ2n) is 11.0. The summed E-state index contributed by atoms with van der Waals surface area (Å²) in [4.78, 5) is 0. The lowest BCUT2D eigenvalue weighted by molar-refractivity contribution is 0.146. The molecule has 2 N–H and O–H groups in total. The van der Waals surface area contributed by atoms with Gasteiger partial charge in [0.25, 0.3) is 0 Å². The molecule has 0 radical (unpaired) electrons. The number of benzene rings is 4. The Bertz CT molecular complexity index is 1270. The monoisotopic (exact) mass is 588 g/mol. The van der Waals surface area contributed by atoms with Crippen LogP contribution in [-0.2, 0) is 5.41 Å². The summed E-state index contributed by atoms with van der Waals surface area (Å²) in [7, 11) is 0. The van der Waals surface area contributed by atoms with Crippen LogP contribution in [0.5, 0.6) is 11.5 Å². The molecule has 1 fully saturated rings. The fraction of sp³-hybridized carbons (Fsp3) is 0.273. The van der Waals surface area contributed by atoms with Crippen LogP contribution in [0.25, 0.3) is 22.3 Å². The van der Waals surface area contributed by atoms with Gasteiger partial charge in [-0.3, -0.25) is 0 Å². The highest BCUT2D eigenvalue weighted by Gasteiger charge is 2.52. The molecule has 0 spiro atoms. The van der Waals surface area contributed by atoms with Crippen molar-refractivity contribution in [1.82, 2.24) is 0 Å². The molecule has 1 aliphatic rings. The summed E-state index contributed by atoms with van der Waals surface area (Å²) in [5.41, 5.74) is 5.98. The van der Waals surface area contributed by atoms with Crippen molar-refractivity contribution < 1.29 is 10.2 Å². The van der Waals surface area contributed by atoms with Gasteiger partial charge in [0.15, 0.2) is 0 Å². The number of phenolic OH excluding ortho intramolecular Hbond substituents is 2. The van der Waals surface area contributed by atoms with Crippen LogP contribution < -0.4 is 0 Å². The highest BCUT2D eigenvalue weighted by molar-refractivity contribution is 14.1. The quantitative estimate of drug-likeness (QED) is 0.185. The second-order valence-corrected chi connectivity index (χ2v) is 12.3. The summed E-state index contributed by atoms with van der Waals surface area (Å²) in [6, 6.07) is 32.6. The van der Waals surface area contributed by atoms with Gasteiger partial charge in [-0.25, -0.2) is 0 Å². The van der Waals surface area contributed by atoms with Crippen LogP contribution in [-0.4, -0.2) is 14.1 Å². The fourth-order valence-electron chi connectivity index (χ4n) is 6.41. The Kier molecular flexibility index (Phi) is 6.63. The zero-order valence-corrected chi connectivity index (χ0v) is 23.2. The van der Waals surface area contributed by atoms with Crippen LogP contribution in [0.3, 0.4) is 0 Å². The summed E-state index contributed by atoms with van der Waals surface area (Å²) in [5, 5.41) is 21.7. The lowest BCUT2D eigenvalue weighted by Gasteiger charge is -2.53. The van der Waals surface area contributed by atoms with Crippen molar-refractivity contribution in [1.29, 1.82) is 0 Å². The molecule has 0 aromatic heterocycles.